The number of rotatable bonds is 3. The van der Waals surface area contributed by atoms with Crippen molar-refractivity contribution in [1.29, 1.82) is 0 Å². The van der Waals surface area contributed by atoms with Gasteiger partial charge in [-0.25, -0.2) is 9.97 Å². The van der Waals surface area contributed by atoms with Gasteiger partial charge in [0.25, 0.3) is 0 Å². The van der Waals surface area contributed by atoms with E-state index in [1.165, 1.54) is 23.5 Å². The summed E-state index contributed by atoms with van der Waals surface area (Å²) in [6.45, 7) is 1.71. The van der Waals surface area contributed by atoms with Crippen LogP contribution in [0.3, 0.4) is 0 Å². The lowest BCUT2D eigenvalue weighted by Gasteiger charge is -2.15. The third-order valence-electron chi connectivity index (χ3n) is 4.10. The first kappa shape index (κ1) is 18.7. The standard InChI is InChI=1S/C20H13ClF3N3S/c1-11-25-18(27-16-8-7-13(21)9-15(16)20(22,23)24)14-10-17(28-19(14)26-11)12-5-3-2-4-6-12/h2-10H,1H3,(H,25,26,27). The number of hydrogen-bond acceptors (Lipinski definition) is 4. The lowest BCUT2D eigenvalue weighted by molar-refractivity contribution is -0.136. The second-order valence-corrected chi connectivity index (χ2v) is 7.59. The van der Waals surface area contributed by atoms with Crippen LogP contribution in [0.1, 0.15) is 11.4 Å². The van der Waals surface area contributed by atoms with Crippen LogP contribution >= 0.6 is 22.9 Å². The number of fused-ring (bicyclic) bond motifs is 1. The minimum atomic E-state index is -4.54. The van der Waals surface area contributed by atoms with Gasteiger partial charge in [0.2, 0.25) is 0 Å². The van der Waals surface area contributed by atoms with Gasteiger partial charge in [0.15, 0.2) is 0 Å². The van der Waals surface area contributed by atoms with Crippen molar-refractivity contribution in [2.45, 2.75) is 13.1 Å². The minimum Gasteiger partial charge on any atom is -0.339 e. The van der Waals surface area contributed by atoms with Crippen LogP contribution in [-0.4, -0.2) is 9.97 Å². The lowest BCUT2D eigenvalue weighted by atomic mass is 10.1. The van der Waals surface area contributed by atoms with Gasteiger partial charge in [0.1, 0.15) is 16.5 Å². The predicted octanol–water partition coefficient (Wildman–Crippen LogP) is 7.08. The van der Waals surface area contributed by atoms with Gasteiger partial charge in [0.05, 0.1) is 16.6 Å². The number of aromatic nitrogens is 2. The Morgan fingerprint density at radius 3 is 2.46 bits per heavy atom. The summed E-state index contributed by atoms with van der Waals surface area (Å²) in [6, 6.07) is 15.2. The molecule has 4 rings (SSSR count). The monoisotopic (exact) mass is 419 g/mol. The van der Waals surface area contributed by atoms with E-state index in [4.69, 9.17) is 11.6 Å². The second-order valence-electron chi connectivity index (χ2n) is 6.13. The number of aryl methyl sites for hydroxylation is 1. The molecule has 28 heavy (non-hydrogen) atoms. The Labute approximate surface area is 167 Å². The van der Waals surface area contributed by atoms with E-state index in [-0.39, 0.29) is 10.7 Å². The maximum Gasteiger partial charge on any atom is 0.418 e. The van der Waals surface area contributed by atoms with Crippen LogP contribution in [0.15, 0.2) is 54.6 Å². The fraction of sp³-hybridized carbons (Fsp3) is 0.100. The van der Waals surface area contributed by atoms with Gasteiger partial charge in [-0.15, -0.1) is 11.3 Å². The number of benzene rings is 2. The molecule has 0 saturated heterocycles. The zero-order valence-corrected chi connectivity index (χ0v) is 16.1. The summed E-state index contributed by atoms with van der Waals surface area (Å²) in [4.78, 5) is 10.4. The quantitative estimate of drug-likeness (QED) is 0.385. The normalized spacial score (nSPS) is 11.8. The Morgan fingerprint density at radius 2 is 1.75 bits per heavy atom. The summed E-state index contributed by atoms with van der Waals surface area (Å²) < 4.78 is 40.3. The molecule has 0 atom stereocenters. The van der Waals surface area contributed by atoms with Crippen molar-refractivity contribution >= 4 is 44.7 Å². The molecule has 0 spiro atoms. The number of anilines is 2. The van der Waals surface area contributed by atoms with E-state index in [9.17, 15) is 13.2 Å². The molecule has 0 unspecified atom stereocenters. The van der Waals surface area contributed by atoms with Crippen molar-refractivity contribution in [2.24, 2.45) is 0 Å². The van der Waals surface area contributed by atoms with Crippen LogP contribution in [0, 0.1) is 6.92 Å². The highest BCUT2D eigenvalue weighted by Gasteiger charge is 2.34. The molecule has 0 fully saturated rings. The van der Waals surface area contributed by atoms with Gasteiger partial charge >= 0.3 is 6.18 Å². The van der Waals surface area contributed by atoms with Crippen molar-refractivity contribution in [3.05, 3.63) is 71.0 Å². The summed E-state index contributed by atoms with van der Waals surface area (Å²) >= 11 is 7.23. The summed E-state index contributed by atoms with van der Waals surface area (Å²) in [5.74, 6) is 0.799. The summed E-state index contributed by atoms with van der Waals surface area (Å²) in [7, 11) is 0. The van der Waals surface area contributed by atoms with E-state index >= 15 is 0 Å². The van der Waals surface area contributed by atoms with Gasteiger partial charge in [-0.3, -0.25) is 0 Å². The third-order valence-corrected chi connectivity index (χ3v) is 5.42. The number of alkyl halides is 3. The summed E-state index contributed by atoms with van der Waals surface area (Å²) in [6.07, 6.45) is -4.54. The molecule has 4 aromatic rings. The van der Waals surface area contributed by atoms with E-state index in [0.717, 1.165) is 16.5 Å². The Morgan fingerprint density at radius 1 is 1.00 bits per heavy atom. The Kier molecular flexibility index (Phi) is 4.72. The molecule has 0 bridgehead atoms. The number of nitrogens with one attached hydrogen (secondary N) is 1. The van der Waals surface area contributed by atoms with E-state index < -0.39 is 11.7 Å². The first-order valence-electron chi connectivity index (χ1n) is 8.28. The minimum absolute atomic E-state index is 0.0174. The fourth-order valence-corrected chi connectivity index (χ4v) is 4.11. The van der Waals surface area contributed by atoms with E-state index in [0.29, 0.717) is 21.9 Å². The molecule has 0 saturated carbocycles. The van der Waals surface area contributed by atoms with Crippen LogP contribution < -0.4 is 5.32 Å². The van der Waals surface area contributed by atoms with Gasteiger partial charge in [-0.05, 0) is 36.8 Å². The van der Waals surface area contributed by atoms with Crippen molar-refractivity contribution in [2.75, 3.05) is 5.32 Å². The SMILES string of the molecule is Cc1nc(Nc2ccc(Cl)cc2C(F)(F)F)c2cc(-c3ccccc3)sc2n1. The van der Waals surface area contributed by atoms with Crippen molar-refractivity contribution in [1.82, 2.24) is 9.97 Å². The van der Waals surface area contributed by atoms with E-state index in [2.05, 4.69) is 15.3 Å². The maximum atomic E-state index is 13.4. The van der Waals surface area contributed by atoms with Crippen LogP contribution in [0.2, 0.25) is 5.02 Å². The highest BCUT2D eigenvalue weighted by molar-refractivity contribution is 7.21. The van der Waals surface area contributed by atoms with Crippen LogP contribution in [0.25, 0.3) is 20.7 Å². The smallest absolute Gasteiger partial charge is 0.339 e. The van der Waals surface area contributed by atoms with Crippen LogP contribution in [0.4, 0.5) is 24.7 Å². The lowest BCUT2D eigenvalue weighted by Crippen LogP contribution is -2.09. The molecule has 0 aliphatic heterocycles. The number of nitrogens with zero attached hydrogens (tertiary/aromatic N) is 2. The zero-order chi connectivity index (χ0) is 19.9. The highest BCUT2D eigenvalue weighted by Crippen LogP contribution is 2.40. The van der Waals surface area contributed by atoms with Crippen molar-refractivity contribution < 1.29 is 13.2 Å². The second kappa shape index (κ2) is 7.07. The molecule has 142 valence electrons. The summed E-state index contributed by atoms with van der Waals surface area (Å²) in [5.41, 5.74) is 0.0586. The molecule has 0 aliphatic rings. The predicted molar refractivity (Wildman–Crippen MR) is 107 cm³/mol. The molecule has 2 aromatic carbocycles. The van der Waals surface area contributed by atoms with E-state index in [1.54, 1.807) is 6.92 Å². The maximum absolute atomic E-state index is 13.4. The number of hydrogen-bond donors (Lipinski definition) is 1. The Bertz CT molecular complexity index is 1160. The van der Waals surface area contributed by atoms with Gasteiger partial charge in [-0.2, -0.15) is 13.2 Å². The average Bonchev–Trinajstić information content (AvgIpc) is 3.07. The average molecular weight is 420 g/mol. The van der Waals surface area contributed by atoms with Crippen molar-refractivity contribution in [3.63, 3.8) is 0 Å². The first-order valence-corrected chi connectivity index (χ1v) is 9.48. The summed E-state index contributed by atoms with van der Waals surface area (Å²) in [5, 5.41) is 3.51. The molecule has 8 heteroatoms. The van der Waals surface area contributed by atoms with Crippen molar-refractivity contribution in [3.8, 4) is 10.4 Å². The van der Waals surface area contributed by atoms with Crippen LogP contribution in [-0.2, 0) is 6.18 Å². The first-order chi connectivity index (χ1) is 13.3. The Balaban J connectivity index is 1.83. The van der Waals surface area contributed by atoms with Gasteiger partial charge in [-0.1, -0.05) is 41.9 Å². The molecular weight excluding hydrogens is 407 g/mol. The Hall–Kier alpha value is -2.64. The molecule has 0 radical (unpaired) electrons. The molecule has 2 heterocycles. The molecule has 3 nitrogen and oxygen atoms in total. The fourth-order valence-electron chi connectivity index (χ4n) is 2.86. The van der Waals surface area contributed by atoms with Gasteiger partial charge < -0.3 is 5.32 Å². The molecule has 0 amide bonds. The van der Waals surface area contributed by atoms with Gasteiger partial charge in [0, 0.05) is 9.90 Å². The molecule has 2 aromatic heterocycles. The zero-order valence-electron chi connectivity index (χ0n) is 14.5. The molecular formula is C20H13ClF3N3S. The molecule has 0 aliphatic carbocycles. The largest absolute Gasteiger partial charge is 0.418 e. The third kappa shape index (κ3) is 3.68. The van der Waals surface area contributed by atoms with E-state index in [1.807, 2.05) is 36.4 Å². The number of halogens is 4. The number of thiophene rings is 1. The highest BCUT2D eigenvalue weighted by atomic mass is 35.5. The topological polar surface area (TPSA) is 37.8 Å². The molecule has 1 N–H and O–H groups in total. The van der Waals surface area contributed by atoms with Crippen LogP contribution in [0.5, 0.6) is 0 Å².